The number of aliphatic hydroxyl groups excluding tert-OH is 1. The fourth-order valence-electron chi connectivity index (χ4n) is 10.1. The van der Waals surface area contributed by atoms with Gasteiger partial charge in [0.15, 0.2) is 12.2 Å². The second kappa shape index (κ2) is 60.6. The highest BCUT2D eigenvalue weighted by atomic mass is 31.2. The molecule has 0 saturated heterocycles. The van der Waals surface area contributed by atoms with Crippen molar-refractivity contribution >= 4 is 39.5 Å². The first kappa shape index (κ1) is 84.1. The van der Waals surface area contributed by atoms with Gasteiger partial charge in [0.25, 0.3) is 0 Å². The molecule has 510 valence electrons. The van der Waals surface area contributed by atoms with Crippen LogP contribution in [0.1, 0.15) is 343 Å². The van der Waals surface area contributed by atoms with Gasteiger partial charge >= 0.3 is 39.5 Å². The number of rotatable bonds is 67. The highest BCUT2D eigenvalue weighted by Gasteiger charge is 2.30. The third-order valence-electron chi connectivity index (χ3n) is 15.9. The van der Waals surface area contributed by atoms with E-state index in [2.05, 4.69) is 34.6 Å². The van der Waals surface area contributed by atoms with E-state index in [9.17, 15) is 43.2 Å². The van der Waals surface area contributed by atoms with Gasteiger partial charge in [-0.3, -0.25) is 37.3 Å². The van der Waals surface area contributed by atoms with E-state index in [-0.39, 0.29) is 25.7 Å². The summed E-state index contributed by atoms with van der Waals surface area (Å²) in [7, 11) is -9.89. The van der Waals surface area contributed by atoms with Gasteiger partial charge in [-0.1, -0.05) is 291 Å². The minimum Gasteiger partial charge on any atom is -0.462 e. The zero-order valence-electron chi connectivity index (χ0n) is 55.4. The first-order valence-corrected chi connectivity index (χ1v) is 38.2. The Morgan fingerprint density at radius 3 is 0.826 bits per heavy atom. The van der Waals surface area contributed by atoms with Crippen LogP contribution in [-0.2, 0) is 65.4 Å². The van der Waals surface area contributed by atoms with Crippen LogP contribution in [0.2, 0.25) is 0 Å². The summed E-state index contributed by atoms with van der Waals surface area (Å²) >= 11 is 0. The van der Waals surface area contributed by atoms with Crippen molar-refractivity contribution in [1.82, 2.24) is 0 Å². The Labute approximate surface area is 524 Å². The second-order valence-corrected chi connectivity index (χ2v) is 27.4. The molecule has 0 aromatic rings. The fraction of sp³-hybridized carbons (Fsp3) is 0.940. The lowest BCUT2D eigenvalue weighted by Gasteiger charge is -2.21. The number of unbranched alkanes of at least 4 members (excludes halogenated alkanes) is 38. The molecule has 19 heteroatoms. The van der Waals surface area contributed by atoms with E-state index in [0.717, 1.165) is 109 Å². The number of hydrogen-bond acceptors (Lipinski definition) is 15. The molecule has 0 radical (unpaired) electrons. The highest BCUT2D eigenvalue weighted by molar-refractivity contribution is 7.47. The van der Waals surface area contributed by atoms with Gasteiger partial charge < -0.3 is 33.8 Å². The number of hydrogen-bond donors (Lipinski definition) is 3. The molecule has 0 aromatic carbocycles. The van der Waals surface area contributed by atoms with Crippen LogP contribution in [0.3, 0.4) is 0 Å². The van der Waals surface area contributed by atoms with Crippen molar-refractivity contribution in [2.45, 2.75) is 361 Å². The van der Waals surface area contributed by atoms with Gasteiger partial charge in [0.1, 0.15) is 19.3 Å². The molecule has 6 atom stereocenters. The van der Waals surface area contributed by atoms with Gasteiger partial charge in [0.05, 0.1) is 26.4 Å². The van der Waals surface area contributed by atoms with Crippen LogP contribution < -0.4 is 0 Å². The number of phosphoric ester groups is 2. The first-order valence-electron chi connectivity index (χ1n) is 35.2. The van der Waals surface area contributed by atoms with Crippen LogP contribution in [0.25, 0.3) is 0 Å². The van der Waals surface area contributed by atoms with Crippen LogP contribution in [-0.4, -0.2) is 96.7 Å². The maximum absolute atomic E-state index is 13.0. The van der Waals surface area contributed by atoms with Gasteiger partial charge in [-0.15, -0.1) is 0 Å². The molecule has 0 amide bonds. The predicted molar refractivity (Wildman–Crippen MR) is 345 cm³/mol. The molecule has 86 heavy (non-hydrogen) atoms. The molecule has 0 aliphatic heterocycles. The highest BCUT2D eigenvalue weighted by Crippen LogP contribution is 2.45. The fourth-order valence-corrected chi connectivity index (χ4v) is 11.7. The minimum atomic E-state index is -4.95. The smallest absolute Gasteiger partial charge is 0.462 e. The van der Waals surface area contributed by atoms with Crippen molar-refractivity contribution in [3.63, 3.8) is 0 Å². The van der Waals surface area contributed by atoms with E-state index in [0.29, 0.717) is 25.7 Å². The normalized spacial score (nSPS) is 14.5. The molecule has 0 fully saturated rings. The maximum atomic E-state index is 13.0. The van der Waals surface area contributed by atoms with Crippen LogP contribution in [0, 0.1) is 5.92 Å². The monoisotopic (exact) mass is 1270 g/mol. The summed E-state index contributed by atoms with van der Waals surface area (Å²) < 4.78 is 68.0. The van der Waals surface area contributed by atoms with Crippen LogP contribution in [0.15, 0.2) is 0 Å². The van der Waals surface area contributed by atoms with E-state index in [1.165, 1.54) is 154 Å². The molecular weight excluding hydrogens is 1140 g/mol. The first-order chi connectivity index (χ1) is 41.6. The Balaban J connectivity index is 5.15. The van der Waals surface area contributed by atoms with Gasteiger partial charge in [-0.25, -0.2) is 9.13 Å². The molecule has 3 unspecified atom stereocenters. The average Bonchev–Trinajstić information content (AvgIpc) is 3.61. The van der Waals surface area contributed by atoms with Crippen molar-refractivity contribution in [1.29, 1.82) is 0 Å². The Kier molecular flexibility index (Phi) is 59.2. The van der Waals surface area contributed by atoms with Gasteiger partial charge in [-0.2, -0.15) is 0 Å². The topological polar surface area (TPSA) is 237 Å². The molecule has 0 spiro atoms. The molecule has 3 N–H and O–H groups in total. The second-order valence-electron chi connectivity index (χ2n) is 24.5. The summed E-state index contributed by atoms with van der Waals surface area (Å²) in [5.74, 6) is -1.40. The lowest BCUT2D eigenvalue weighted by Crippen LogP contribution is -2.30. The average molecular weight is 1270 g/mol. The number of esters is 4. The van der Waals surface area contributed by atoms with Crippen molar-refractivity contribution in [2.75, 3.05) is 39.6 Å². The SMILES string of the molecule is CCCCCCCCCCCCCCCCCCCCCC(=O)O[C@H](COC(=O)CCCCCCCCC(C)CC)COP(=O)(O)OC[C@@H](O)COP(=O)(O)OC[C@@H](COC(=O)CCCCCCCCCC)OC(=O)CCCCCCCCCCC. The molecule has 0 aromatic heterocycles. The van der Waals surface area contributed by atoms with E-state index < -0.39 is 97.5 Å². The number of aliphatic hydroxyl groups is 1. The number of carbonyl (C=O) groups is 4. The summed E-state index contributed by atoms with van der Waals surface area (Å²) in [6.45, 7) is 7.14. The van der Waals surface area contributed by atoms with E-state index >= 15 is 0 Å². The molecule has 0 bridgehead atoms. The van der Waals surface area contributed by atoms with Gasteiger partial charge in [0, 0.05) is 25.7 Å². The molecule has 0 heterocycles. The van der Waals surface area contributed by atoms with E-state index in [1.807, 2.05) is 0 Å². The number of phosphoric acid groups is 2. The molecule has 0 aliphatic carbocycles. The van der Waals surface area contributed by atoms with Gasteiger partial charge in [0.2, 0.25) is 0 Å². The summed E-state index contributed by atoms with van der Waals surface area (Å²) in [6, 6.07) is 0. The summed E-state index contributed by atoms with van der Waals surface area (Å²) in [4.78, 5) is 72.2. The molecule has 17 nitrogen and oxygen atoms in total. The Hall–Kier alpha value is -1.94. The van der Waals surface area contributed by atoms with Crippen molar-refractivity contribution in [3.05, 3.63) is 0 Å². The van der Waals surface area contributed by atoms with E-state index in [4.69, 9.17) is 37.0 Å². The zero-order valence-corrected chi connectivity index (χ0v) is 57.2. The molecule has 0 saturated carbocycles. The Bertz CT molecular complexity index is 1670. The summed E-state index contributed by atoms with van der Waals surface area (Å²) in [5, 5.41) is 10.5. The van der Waals surface area contributed by atoms with Gasteiger partial charge in [-0.05, 0) is 31.6 Å². The third-order valence-corrected chi connectivity index (χ3v) is 17.8. The number of ether oxygens (including phenoxy) is 4. The molecular formula is C67H130O17P2. The lowest BCUT2D eigenvalue weighted by atomic mass is 10.00. The maximum Gasteiger partial charge on any atom is 0.472 e. The Morgan fingerprint density at radius 2 is 0.558 bits per heavy atom. The largest absolute Gasteiger partial charge is 0.472 e. The molecule has 0 rings (SSSR count). The summed E-state index contributed by atoms with van der Waals surface area (Å²) in [6.07, 6.45) is 46.0. The standard InChI is InChI=1S/C67H130O17P2/c1-6-10-13-16-19-22-23-24-25-26-27-28-29-30-31-33-36-43-48-53-67(72)84-63(57-78-65(70)51-46-41-38-37-39-44-49-60(5)9-4)59-82-86(75,76)80-55-61(68)54-79-85(73,74)81-58-62(56-77-64(69)50-45-40-34-21-18-15-12-8-3)83-66(71)52-47-42-35-32-20-17-14-11-7-2/h60-63,68H,6-59H2,1-5H3,(H,73,74)(H,75,76)/t60?,61-,62+,63+/m0/s1. The predicted octanol–water partition coefficient (Wildman–Crippen LogP) is 19.0. The van der Waals surface area contributed by atoms with Crippen LogP contribution in [0.4, 0.5) is 0 Å². The lowest BCUT2D eigenvalue weighted by molar-refractivity contribution is -0.161. The number of carbonyl (C=O) groups excluding carboxylic acids is 4. The quantitative estimate of drug-likeness (QED) is 0.0222. The Morgan fingerprint density at radius 1 is 0.326 bits per heavy atom. The minimum absolute atomic E-state index is 0.106. The van der Waals surface area contributed by atoms with Crippen molar-refractivity contribution in [3.8, 4) is 0 Å². The molecule has 0 aliphatic rings. The van der Waals surface area contributed by atoms with E-state index in [1.54, 1.807) is 0 Å². The summed E-state index contributed by atoms with van der Waals surface area (Å²) in [5.41, 5.74) is 0. The third kappa shape index (κ3) is 59.7. The van der Waals surface area contributed by atoms with Crippen molar-refractivity contribution < 1.29 is 80.2 Å². The van der Waals surface area contributed by atoms with Crippen LogP contribution >= 0.6 is 15.6 Å². The van der Waals surface area contributed by atoms with Crippen molar-refractivity contribution in [2.24, 2.45) is 5.92 Å². The zero-order chi connectivity index (χ0) is 63.5. The van der Waals surface area contributed by atoms with Crippen LogP contribution in [0.5, 0.6) is 0 Å².